The van der Waals surface area contributed by atoms with E-state index in [0.29, 0.717) is 12.4 Å². The molecule has 4 nitrogen and oxygen atoms in total. The first-order valence-corrected chi connectivity index (χ1v) is 13.3. The Morgan fingerprint density at radius 3 is 1.72 bits per heavy atom. The van der Waals surface area contributed by atoms with Crippen LogP contribution in [0.4, 0.5) is 0 Å². The van der Waals surface area contributed by atoms with E-state index in [9.17, 15) is 10.00 Å². The van der Waals surface area contributed by atoms with Crippen LogP contribution in [0.2, 0.25) is 0 Å². The van der Waals surface area contributed by atoms with Gasteiger partial charge in [-0.3, -0.25) is 0 Å². The standard InChI is InChI=1S/C27H41O4P/c1-4-5-6-7-8-9-10-11-12-13-22-30-32(29)31-26-20-16-24(17-21-26)27(2,3)23-14-18-25(28)19-15-23/h14-21,28-29H,4-13,22H2,1-3H3. The maximum absolute atomic E-state index is 10.1. The van der Waals surface area contributed by atoms with Crippen molar-refractivity contribution in [2.45, 2.75) is 90.4 Å². The van der Waals surface area contributed by atoms with Crippen molar-refractivity contribution in [3.8, 4) is 11.5 Å². The van der Waals surface area contributed by atoms with Crippen LogP contribution in [0.1, 0.15) is 96.1 Å². The molecule has 2 N–H and O–H groups in total. The summed E-state index contributed by atoms with van der Waals surface area (Å²) in [6.07, 6.45) is 12.7. The number of unbranched alkanes of at least 4 members (excludes halogenated alkanes) is 9. The molecule has 0 saturated carbocycles. The van der Waals surface area contributed by atoms with Crippen LogP contribution >= 0.6 is 8.60 Å². The quantitative estimate of drug-likeness (QED) is 0.196. The molecule has 0 fully saturated rings. The van der Waals surface area contributed by atoms with Crippen LogP contribution in [0.25, 0.3) is 0 Å². The lowest BCUT2D eigenvalue weighted by atomic mass is 9.78. The van der Waals surface area contributed by atoms with Gasteiger partial charge in [0.2, 0.25) is 0 Å². The van der Waals surface area contributed by atoms with Gasteiger partial charge in [-0.1, -0.05) is 103 Å². The Morgan fingerprint density at radius 1 is 0.719 bits per heavy atom. The molecule has 0 saturated heterocycles. The molecule has 0 heterocycles. The molecule has 0 bridgehead atoms. The Balaban J connectivity index is 1.63. The van der Waals surface area contributed by atoms with Crippen LogP contribution in [0.15, 0.2) is 48.5 Å². The van der Waals surface area contributed by atoms with E-state index in [2.05, 4.69) is 20.8 Å². The van der Waals surface area contributed by atoms with E-state index in [1.165, 1.54) is 51.4 Å². The highest BCUT2D eigenvalue weighted by Gasteiger charge is 2.23. The summed E-state index contributed by atoms with van der Waals surface area (Å²) in [5, 5.41) is 9.52. The predicted octanol–water partition coefficient (Wildman–Crippen LogP) is 8.25. The Hall–Kier alpha value is -1.61. The number of aromatic hydroxyl groups is 1. The zero-order valence-electron chi connectivity index (χ0n) is 20.1. The molecule has 178 valence electrons. The lowest BCUT2D eigenvalue weighted by Gasteiger charge is -2.26. The summed E-state index contributed by atoms with van der Waals surface area (Å²) in [4.78, 5) is 10.1. The fraction of sp³-hybridized carbons (Fsp3) is 0.556. The van der Waals surface area contributed by atoms with Crippen molar-refractivity contribution in [1.29, 1.82) is 0 Å². The molecular weight excluding hydrogens is 419 g/mol. The summed E-state index contributed by atoms with van der Waals surface area (Å²) in [5.74, 6) is 0.870. The maximum Gasteiger partial charge on any atom is 0.394 e. The normalized spacial score (nSPS) is 12.6. The van der Waals surface area contributed by atoms with Crippen molar-refractivity contribution in [2.75, 3.05) is 6.61 Å². The van der Waals surface area contributed by atoms with E-state index in [1.807, 2.05) is 36.4 Å². The third kappa shape index (κ3) is 9.48. The van der Waals surface area contributed by atoms with Crippen molar-refractivity contribution in [1.82, 2.24) is 0 Å². The fourth-order valence-electron chi connectivity index (χ4n) is 3.83. The van der Waals surface area contributed by atoms with Crippen LogP contribution in [0, 0.1) is 0 Å². The summed E-state index contributed by atoms with van der Waals surface area (Å²) < 4.78 is 11.0. The third-order valence-corrected chi connectivity index (χ3v) is 6.82. The second-order valence-corrected chi connectivity index (χ2v) is 9.96. The molecule has 0 aliphatic heterocycles. The molecular formula is C27H41O4P. The molecule has 2 aromatic rings. The Morgan fingerprint density at radius 2 is 1.19 bits per heavy atom. The van der Waals surface area contributed by atoms with E-state index in [-0.39, 0.29) is 11.2 Å². The van der Waals surface area contributed by atoms with E-state index in [4.69, 9.17) is 9.05 Å². The van der Waals surface area contributed by atoms with Gasteiger partial charge in [0.05, 0.1) is 6.61 Å². The molecule has 0 amide bonds. The minimum absolute atomic E-state index is 0.206. The van der Waals surface area contributed by atoms with Crippen LogP contribution in [-0.4, -0.2) is 16.6 Å². The molecule has 0 aromatic heterocycles. The van der Waals surface area contributed by atoms with Crippen molar-refractivity contribution < 1.29 is 19.0 Å². The zero-order chi connectivity index (χ0) is 23.2. The number of rotatable bonds is 16. The average molecular weight is 461 g/mol. The first kappa shape index (κ1) is 26.6. The van der Waals surface area contributed by atoms with E-state index in [0.717, 1.165) is 24.0 Å². The van der Waals surface area contributed by atoms with Gasteiger partial charge < -0.3 is 19.0 Å². The monoisotopic (exact) mass is 460 g/mol. The van der Waals surface area contributed by atoms with Crippen LogP contribution in [0.5, 0.6) is 11.5 Å². The van der Waals surface area contributed by atoms with Gasteiger partial charge in [0.25, 0.3) is 0 Å². The predicted molar refractivity (Wildman–Crippen MR) is 134 cm³/mol. The minimum Gasteiger partial charge on any atom is -0.508 e. The SMILES string of the molecule is CCCCCCCCCCCCOP(O)Oc1ccc(C(C)(C)c2ccc(O)cc2)cc1. The number of hydrogen-bond acceptors (Lipinski definition) is 4. The van der Waals surface area contributed by atoms with Crippen LogP contribution in [-0.2, 0) is 9.94 Å². The third-order valence-electron chi connectivity index (χ3n) is 6.05. The highest BCUT2D eigenvalue weighted by molar-refractivity contribution is 7.41. The summed E-state index contributed by atoms with van der Waals surface area (Å²) in [6.45, 7) is 7.07. The second-order valence-electron chi connectivity index (χ2n) is 9.04. The molecule has 0 spiro atoms. The van der Waals surface area contributed by atoms with Gasteiger partial charge in [0.1, 0.15) is 11.5 Å². The lowest BCUT2D eigenvalue weighted by molar-refractivity contribution is 0.253. The molecule has 2 rings (SSSR count). The zero-order valence-corrected chi connectivity index (χ0v) is 20.9. The van der Waals surface area contributed by atoms with Gasteiger partial charge in [-0.2, -0.15) is 0 Å². The number of benzene rings is 2. The minimum atomic E-state index is -1.91. The summed E-state index contributed by atoms with van der Waals surface area (Å²) >= 11 is 0. The summed E-state index contributed by atoms with van der Waals surface area (Å²) in [7, 11) is -1.91. The number of phenolic OH excluding ortho intramolecular Hbond substituents is 1. The van der Waals surface area contributed by atoms with Crippen molar-refractivity contribution in [3.63, 3.8) is 0 Å². The van der Waals surface area contributed by atoms with Crippen molar-refractivity contribution in [3.05, 3.63) is 59.7 Å². The molecule has 0 radical (unpaired) electrons. The number of hydrogen-bond donors (Lipinski definition) is 2. The average Bonchev–Trinajstić information content (AvgIpc) is 2.78. The Bertz CT molecular complexity index is 743. The largest absolute Gasteiger partial charge is 0.508 e. The van der Waals surface area contributed by atoms with Gasteiger partial charge in [0, 0.05) is 5.41 Å². The Labute approximate surface area is 196 Å². The second kappa shape index (κ2) is 14.5. The molecule has 5 heteroatoms. The van der Waals surface area contributed by atoms with Crippen LogP contribution < -0.4 is 4.52 Å². The maximum atomic E-state index is 10.1. The van der Waals surface area contributed by atoms with Gasteiger partial charge in [-0.25, -0.2) is 0 Å². The molecule has 2 aromatic carbocycles. The van der Waals surface area contributed by atoms with Gasteiger partial charge in [0.15, 0.2) is 0 Å². The topological polar surface area (TPSA) is 58.9 Å². The summed E-state index contributed by atoms with van der Waals surface area (Å²) in [5.41, 5.74) is 2.04. The molecule has 32 heavy (non-hydrogen) atoms. The molecule has 1 unspecified atom stereocenters. The number of phenols is 1. The van der Waals surface area contributed by atoms with E-state index < -0.39 is 8.60 Å². The van der Waals surface area contributed by atoms with Gasteiger partial charge in [-0.15, -0.1) is 0 Å². The van der Waals surface area contributed by atoms with Crippen molar-refractivity contribution in [2.24, 2.45) is 0 Å². The highest BCUT2D eigenvalue weighted by Crippen LogP contribution is 2.37. The van der Waals surface area contributed by atoms with Crippen LogP contribution in [0.3, 0.4) is 0 Å². The van der Waals surface area contributed by atoms with Gasteiger partial charge >= 0.3 is 8.60 Å². The van der Waals surface area contributed by atoms with Gasteiger partial charge in [-0.05, 0) is 41.8 Å². The smallest absolute Gasteiger partial charge is 0.394 e. The molecule has 0 aliphatic carbocycles. The first-order chi connectivity index (χ1) is 15.4. The summed E-state index contributed by atoms with van der Waals surface area (Å²) in [6, 6.07) is 15.0. The molecule has 1 atom stereocenters. The Kier molecular flexibility index (Phi) is 12.1. The molecule has 0 aliphatic rings. The fourth-order valence-corrected chi connectivity index (χ4v) is 4.47. The van der Waals surface area contributed by atoms with Crippen molar-refractivity contribution >= 4 is 8.60 Å². The van der Waals surface area contributed by atoms with E-state index >= 15 is 0 Å². The first-order valence-electron chi connectivity index (χ1n) is 12.1. The van der Waals surface area contributed by atoms with E-state index in [1.54, 1.807) is 12.1 Å². The highest BCUT2D eigenvalue weighted by atomic mass is 31.2. The lowest BCUT2D eigenvalue weighted by Crippen LogP contribution is -2.18.